The van der Waals surface area contributed by atoms with Crippen molar-refractivity contribution < 1.29 is 9.47 Å². The molecule has 0 spiro atoms. The maximum atomic E-state index is 5.97. The Morgan fingerprint density at radius 1 is 1.15 bits per heavy atom. The minimum absolute atomic E-state index is 0.225. The summed E-state index contributed by atoms with van der Waals surface area (Å²) in [4.78, 5) is 15.2. The predicted molar refractivity (Wildman–Crippen MR) is 110 cm³/mol. The summed E-state index contributed by atoms with van der Waals surface area (Å²) in [6, 6.07) is 5.43. The molecule has 1 aliphatic heterocycles. The first-order chi connectivity index (χ1) is 13.0. The van der Waals surface area contributed by atoms with Gasteiger partial charge in [0.25, 0.3) is 0 Å². The number of methoxy groups -OCH3 is 1. The molecule has 2 aromatic heterocycles. The average molecular weight is 391 g/mol. The number of ether oxygens (including phenoxy) is 2. The molecule has 0 bridgehead atoms. The molecule has 1 aliphatic carbocycles. The van der Waals surface area contributed by atoms with Crippen molar-refractivity contribution in [3.05, 3.63) is 18.2 Å². The molecule has 1 unspecified atom stereocenters. The lowest BCUT2D eigenvalue weighted by atomic mass is 10.2. The third-order valence-electron chi connectivity index (χ3n) is 4.23. The zero-order valence-corrected chi connectivity index (χ0v) is 16.5. The van der Waals surface area contributed by atoms with Crippen molar-refractivity contribution in [1.29, 1.82) is 0 Å². The predicted octanol–water partition coefficient (Wildman–Crippen LogP) is 2.02. The minimum Gasteiger partial charge on any atom is -0.481 e. The first kappa shape index (κ1) is 19.5. The molecule has 4 rings (SSSR count). The van der Waals surface area contributed by atoms with E-state index in [1.54, 1.807) is 18.2 Å². The van der Waals surface area contributed by atoms with E-state index in [1.807, 2.05) is 0 Å². The number of thiol groups is 1. The lowest BCUT2D eigenvalue weighted by Crippen LogP contribution is -2.44. The maximum absolute atomic E-state index is 5.97. The molecule has 3 heterocycles. The molecule has 4 N–H and O–H groups in total. The van der Waals surface area contributed by atoms with Crippen LogP contribution in [-0.4, -0.2) is 53.1 Å². The Bertz CT molecular complexity index is 786. The highest BCUT2D eigenvalue weighted by Gasteiger charge is 2.21. The maximum Gasteiger partial charge on any atom is 0.215 e. The van der Waals surface area contributed by atoms with E-state index < -0.39 is 0 Å². The van der Waals surface area contributed by atoms with Crippen LogP contribution in [0.15, 0.2) is 18.2 Å². The van der Waals surface area contributed by atoms with Gasteiger partial charge in [-0.1, -0.05) is 0 Å². The van der Waals surface area contributed by atoms with Gasteiger partial charge in [-0.15, -0.1) is 0 Å². The number of hydrogen-bond donors (Lipinski definition) is 3. The van der Waals surface area contributed by atoms with Crippen molar-refractivity contribution in [3.8, 4) is 17.3 Å². The van der Waals surface area contributed by atoms with Gasteiger partial charge in [0.2, 0.25) is 5.88 Å². The van der Waals surface area contributed by atoms with E-state index in [4.69, 9.17) is 20.9 Å². The van der Waals surface area contributed by atoms with Crippen LogP contribution < -0.4 is 21.1 Å². The standard InChI is InChI=1S/C15H20N6O2.C3H6S/c1-9-8-23-4-3-21(9)13-7-12(17)19-15(20-13)10-5-11(16)18-14(6-10)22-2;4-3-1-2-3/h5-7,9H,3-4,8H2,1-2H3,(H2,16,18)(H2,17,19,20);3-4H,1-2H2. The Hall–Kier alpha value is -2.26. The van der Waals surface area contributed by atoms with Gasteiger partial charge in [0, 0.05) is 29.5 Å². The van der Waals surface area contributed by atoms with E-state index in [9.17, 15) is 0 Å². The fourth-order valence-electron chi connectivity index (χ4n) is 2.63. The minimum atomic E-state index is 0.225. The second-order valence-electron chi connectivity index (χ2n) is 6.65. The molecule has 146 valence electrons. The summed E-state index contributed by atoms with van der Waals surface area (Å²) in [6.07, 6.45) is 2.70. The Kier molecular flexibility index (Phi) is 6.22. The summed E-state index contributed by atoms with van der Waals surface area (Å²) in [7, 11) is 1.53. The van der Waals surface area contributed by atoms with Gasteiger partial charge in [-0.05, 0) is 25.8 Å². The quantitative estimate of drug-likeness (QED) is 0.682. The average Bonchev–Trinajstić information content (AvgIpc) is 3.43. The Balaban J connectivity index is 0.000000466. The molecular formula is C18H26N6O2S. The summed E-state index contributed by atoms with van der Waals surface area (Å²) in [5.74, 6) is 2.42. The molecule has 2 fully saturated rings. The highest BCUT2D eigenvalue weighted by Crippen LogP contribution is 2.26. The summed E-state index contributed by atoms with van der Waals surface area (Å²) in [5.41, 5.74) is 12.5. The fourth-order valence-corrected chi connectivity index (χ4v) is 2.78. The summed E-state index contributed by atoms with van der Waals surface area (Å²) in [5, 5.41) is 0.778. The smallest absolute Gasteiger partial charge is 0.215 e. The van der Waals surface area contributed by atoms with Gasteiger partial charge in [0.1, 0.15) is 17.5 Å². The van der Waals surface area contributed by atoms with E-state index in [0.717, 1.165) is 17.6 Å². The van der Waals surface area contributed by atoms with Crippen LogP contribution in [0.4, 0.5) is 17.5 Å². The van der Waals surface area contributed by atoms with Crippen molar-refractivity contribution >= 4 is 30.1 Å². The van der Waals surface area contributed by atoms with Gasteiger partial charge in [0.05, 0.1) is 26.4 Å². The number of hydrogen-bond acceptors (Lipinski definition) is 9. The van der Waals surface area contributed by atoms with Crippen LogP contribution in [0.5, 0.6) is 5.88 Å². The number of nitrogens with two attached hydrogens (primary N) is 2. The van der Waals surface area contributed by atoms with Crippen LogP contribution in [-0.2, 0) is 4.74 Å². The largest absolute Gasteiger partial charge is 0.481 e. The molecule has 0 aromatic carbocycles. The molecule has 1 saturated heterocycles. The summed E-state index contributed by atoms with van der Waals surface area (Å²) >= 11 is 4.08. The molecule has 27 heavy (non-hydrogen) atoms. The first-order valence-corrected chi connectivity index (χ1v) is 9.47. The molecule has 2 aromatic rings. The van der Waals surface area contributed by atoms with Crippen molar-refractivity contribution in [1.82, 2.24) is 15.0 Å². The summed E-state index contributed by atoms with van der Waals surface area (Å²) < 4.78 is 10.6. The van der Waals surface area contributed by atoms with Gasteiger partial charge in [-0.2, -0.15) is 17.6 Å². The van der Waals surface area contributed by atoms with E-state index in [0.29, 0.717) is 42.1 Å². The van der Waals surface area contributed by atoms with Crippen molar-refractivity contribution in [3.63, 3.8) is 0 Å². The number of rotatable bonds is 3. The Morgan fingerprint density at radius 3 is 2.48 bits per heavy atom. The Morgan fingerprint density at radius 2 is 1.85 bits per heavy atom. The zero-order chi connectivity index (χ0) is 19.4. The molecule has 0 radical (unpaired) electrons. The number of nitrogen functional groups attached to an aromatic ring is 2. The third kappa shape index (κ3) is 5.36. The Labute approximate surface area is 164 Å². The number of pyridine rings is 1. The number of anilines is 3. The fraction of sp³-hybridized carbons (Fsp3) is 0.500. The zero-order valence-electron chi connectivity index (χ0n) is 15.6. The van der Waals surface area contributed by atoms with Gasteiger partial charge >= 0.3 is 0 Å². The number of nitrogens with zero attached hydrogens (tertiary/aromatic N) is 4. The van der Waals surface area contributed by atoms with Gasteiger partial charge in [0.15, 0.2) is 5.82 Å². The van der Waals surface area contributed by atoms with E-state index >= 15 is 0 Å². The van der Waals surface area contributed by atoms with Crippen LogP contribution in [0.1, 0.15) is 19.8 Å². The van der Waals surface area contributed by atoms with Crippen LogP contribution in [0.2, 0.25) is 0 Å². The SMILES string of the molecule is COc1cc(-c2nc(N)cc(N3CCOCC3C)n2)cc(N)n1.SC1CC1. The molecule has 2 aliphatic rings. The highest BCUT2D eigenvalue weighted by atomic mass is 32.1. The summed E-state index contributed by atoms with van der Waals surface area (Å²) in [6.45, 7) is 4.18. The van der Waals surface area contributed by atoms with E-state index in [1.165, 1.54) is 20.0 Å². The molecule has 1 saturated carbocycles. The van der Waals surface area contributed by atoms with Crippen LogP contribution in [0.25, 0.3) is 11.4 Å². The number of morpholine rings is 1. The van der Waals surface area contributed by atoms with Crippen molar-refractivity contribution in [2.24, 2.45) is 0 Å². The second kappa shape index (κ2) is 8.62. The lowest BCUT2D eigenvalue weighted by molar-refractivity contribution is 0.0985. The van der Waals surface area contributed by atoms with Gasteiger partial charge in [-0.25, -0.2) is 9.97 Å². The monoisotopic (exact) mass is 390 g/mol. The van der Waals surface area contributed by atoms with Gasteiger partial charge < -0.3 is 25.8 Å². The number of aromatic nitrogens is 3. The van der Waals surface area contributed by atoms with E-state index in [2.05, 4.69) is 39.4 Å². The van der Waals surface area contributed by atoms with Crippen LogP contribution in [0.3, 0.4) is 0 Å². The van der Waals surface area contributed by atoms with Crippen molar-refractivity contribution in [2.45, 2.75) is 31.1 Å². The molecule has 0 amide bonds. The van der Waals surface area contributed by atoms with Gasteiger partial charge in [-0.3, -0.25) is 0 Å². The normalized spacial score (nSPS) is 19.2. The first-order valence-electron chi connectivity index (χ1n) is 8.95. The topological polar surface area (TPSA) is 112 Å². The molecule has 9 heteroatoms. The van der Waals surface area contributed by atoms with Crippen molar-refractivity contribution in [2.75, 3.05) is 43.2 Å². The molecule has 1 atom stereocenters. The molecular weight excluding hydrogens is 364 g/mol. The second-order valence-corrected chi connectivity index (χ2v) is 7.38. The molecule has 8 nitrogen and oxygen atoms in total. The van der Waals surface area contributed by atoms with Crippen LogP contribution in [0, 0.1) is 0 Å². The van der Waals surface area contributed by atoms with E-state index in [-0.39, 0.29) is 6.04 Å². The highest BCUT2D eigenvalue weighted by molar-refractivity contribution is 7.81. The van der Waals surface area contributed by atoms with Crippen LogP contribution >= 0.6 is 12.6 Å². The lowest BCUT2D eigenvalue weighted by Gasteiger charge is -2.34. The third-order valence-corrected chi connectivity index (χ3v) is 4.75.